The van der Waals surface area contributed by atoms with Gasteiger partial charge < -0.3 is 16.0 Å². The van der Waals surface area contributed by atoms with E-state index in [4.69, 9.17) is 23.2 Å². The van der Waals surface area contributed by atoms with Crippen molar-refractivity contribution in [3.05, 3.63) is 85.2 Å². The highest BCUT2D eigenvalue weighted by atomic mass is 35.5. The molecular formula is C21H13Cl2F2N3O3S. The van der Waals surface area contributed by atoms with Gasteiger partial charge in [0.1, 0.15) is 21.5 Å². The number of hydrogen-bond donors (Lipinski definition) is 3. The van der Waals surface area contributed by atoms with Gasteiger partial charge in [0.25, 0.3) is 17.7 Å². The average Bonchev–Trinajstić information content (AvgIpc) is 3.27. The van der Waals surface area contributed by atoms with Crippen molar-refractivity contribution in [3.8, 4) is 0 Å². The standard InChI is InChI=1S/C21H13Cl2F2N3O3S/c1-26-20(31)17-15-14(16(27-19(15)30)12-7-10(24)2-3-13(12)23)21(32-17)28-18(29)8-4-9(22)6-11(25)5-8/h2-7,16H,1H3,(H,26,31)(H,27,30)(H,28,29). The number of amides is 3. The summed E-state index contributed by atoms with van der Waals surface area (Å²) >= 11 is 12.9. The Morgan fingerprint density at radius 3 is 2.50 bits per heavy atom. The molecule has 2 aromatic carbocycles. The maximum Gasteiger partial charge on any atom is 0.262 e. The molecule has 3 aromatic rings. The van der Waals surface area contributed by atoms with Crippen LogP contribution in [0.4, 0.5) is 13.8 Å². The lowest BCUT2D eigenvalue weighted by Gasteiger charge is -2.16. The molecular weight excluding hydrogens is 483 g/mol. The van der Waals surface area contributed by atoms with Crippen LogP contribution in [0.3, 0.4) is 0 Å². The minimum atomic E-state index is -0.915. The van der Waals surface area contributed by atoms with E-state index in [0.717, 1.165) is 29.5 Å². The molecule has 1 unspecified atom stereocenters. The number of carbonyl (C=O) groups is 3. The molecule has 1 aliphatic heterocycles. The predicted octanol–water partition coefficient (Wildman–Crippen LogP) is 4.78. The predicted molar refractivity (Wildman–Crippen MR) is 118 cm³/mol. The molecule has 0 aliphatic carbocycles. The molecule has 3 amide bonds. The molecule has 0 bridgehead atoms. The number of anilines is 1. The topological polar surface area (TPSA) is 87.3 Å². The lowest BCUT2D eigenvalue weighted by atomic mass is 9.99. The highest BCUT2D eigenvalue weighted by molar-refractivity contribution is 7.18. The van der Waals surface area contributed by atoms with Gasteiger partial charge in [-0.1, -0.05) is 23.2 Å². The first-order valence-corrected chi connectivity index (χ1v) is 10.7. The third kappa shape index (κ3) is 3.94. The molecule has 11 heteroatoms. The van der Waals surface area contributed by atoms with Crippen molar-refractivity contribution in [3.63, 3.8) is 0 Å². The fourth-order valence-electron chi connectivity index (χ4n) is 3.42. The molecule has 1 aliphatic rings. The second-order valence-electron chi connectivity index (χ2n) is 6.81. The monoisotopic (exact) mass is 495 g/mol. The van der Waals surface area contributed by atoms with Crippen LogP contribution in [0.2, 0.25) is 10.0 Å². The second kappa shape index (κ2) is 8.50. The summed E-state index contributed by atoms with van der Waals surface area (Å²) in [5.74, 6) is -3.10. The van der Waals surface area contributed by atoms with Gasteiger partial charge in [0.05, 0.1) is 11.6 Å². The van der Waals surface area contributed by atoms with Gasteiger partial charge in [-0.3, -0.25) is 14.4 Å². The minimum absolute atomic E-state index is 0.0267. The second-order valence-corrected chi connectivity index (χ2v) is 8.68. The van der Waals surface area contributed by atoms with Gasteiger partial charge in [0, 0.05) is 33.8 Å². The number of fused-ring (bicyclic) bond motifs is 1. The van der Waals surface area contributed by atoms with E-state index < -0.39 is 35.4 Å². The summed E-state index contributed by atoms with van der Waals surface area (Å²) in [4.78, 5) is 38.0. The smallest absolute Gasteiger partial charge is 0.262 e. The molecule has 0 radical (unpaired) electrons. The highest BCUT2D eigenvalue weighted by Gasteiger charge is 2.40. The van der Waals surface area contributed by atoms with E-state index in [1.165, 1.54) is 25.2 Å². The van der Waals surface area contributed by atoms with Gasteiger partial charge in [0.2, 0.25) is 0 Å². The lowest BCUT2D eigenvalue weighted by molar-refractivity contribution is 0.0933. The summed E-state index contributed by atoms with van der Waals surface area (Å²) in [6.07, 6.45) is 0. The first kappa shape index (κ1) is 22.2. The Bertz CT molecular complexity index is 1280. The first-order chi connectivity index (χ1) is 15.2. The molecule has 0 fully saturated rings. The zero-order valence-electron chi connectivity index (χ0n) is 16.2. The zero-order chi connectivity index (χ0) is 23.2. The molecule has 6 nitrogen and oxygen atoms in total. The number of halogens is 4. The van der Waals surface area contributed by atoms with Crippen molar-refractivity contribution < 1.29 is 23.2 Å². The van der Waals surface area contributed by atoms with Crippen LogP contribution in [0.25, 0.3) is 0 Å². The van der Waals surface area contributed by atoms with Gasteiger partial charge in [-0.05, 0) is 36.4 Å². The van der Waals surface area contributed by atoms with Crippen LogP contribution in [-0.2, 0) is 0 Å². The summed E-state index contributed by atoms with van der Waals surface area (Å²) in [5.41, 5.74) is 0.509. The van der Waals surface area contributed by atoms with Gasteiger partial charge >= 0.3 is 0 Å². The minimum Gasteiger partial charge on any atom is -0.354 e. The quantitative estimate of drug-likeness (QED) is 0.486. The molecule has 1 aromatic heterocycles. The summed E-state index contributed by atoms with van der Waals surface area (Å²) in [7, 11) is 1.40. The number of carbonyl (C=O) groups excluding carboxylic acids is 3. The summed E-state index contributed by atoms with van der Waals surface area (Å²) in [6.45, 7) is 0. The number of rotatable bonds is 4. The van der Waals surface area contributed by atoms with Gasteiger partial charge in [-0.25, -0.2) is 8.78 Å². The van der Waals surface area contributed by atoms with E-state index in [-0.39, 0.29) is 42.2 Å². The molecule has 4 rings (SSSR count). The fourth-order valence-corrected chi connectivity index (χ4v) is 5.04. The van der Waals surface area contributed by atoms with E-state index in [9.17, 15) is 23.2 Å². The summed E-state index contributed by atoms with van der Waals surface area (Å²) < 4.78 is 27.6. The van der Waals surface area contributed by atoms with Crippen molar-refractivity contribution in [1.82, 2.24) is 10.6 Å². The maximum absolute atomic E-state index is 13.9. The van der Waals surface area contributed by atoms with Crippen LogP contribution in [0, 0.1) is 11.6 Å². The van der Waals surface area contributed by atoms with Crippen LogP contribution >= 0.6 is 34.5 Å². The Kier molecular flexibility index (Phi) is 5.89. The first-order valence-electron chi connectivity index (χ1n) is 9.11. The maximum atomic E-state index is 13.9. The van der Waals surface area contributed by atoms with Crippen molar-refractivity contribution in [2.75, 3.05) is 12.4 Å². The van der Waals surface area contributed by atoms with Crippen LogP contribution in [0.1, 0.15) is 47.6 Å². The molecule has 0 saturated carbocycles. The highest BCUT2D eigenvalue weighted by Crippen LogP contribution is 2.45. The molecule has 32 heavy (non-hydrogen) atoms. The molecule has 0 spiro atoms. The zero-order valence-corrected chi connectivity index (χ0v) is 18.5. The Labute approximate surface area is 194 Å². The molecule has 1 atom stereocenters. The van der Waals surface area contributed by atoms with Crippen LogP contribution in [-0.4, -0.2) is 24.8 Å². The van der Waals surface area contributed by atoms with E-state index >= 15 is 0 Å². The third-order valence-electron chi connectivity index (χ3n) is 4.79. The van der Waals surface area contributed by atoms with Crippen LogP contribution < -0.4 is 16.0 Å². The van der Waals surface area contributed by atoms with E-state index in [2.05, 4.69) is 16.0 Å². The van der Waals surface area contributed by atoms with Crippen molar-refractivity contribution in [2.24, 2.45) is 0 Å². The number of benzene rings is 2. The Morgan fingerprint density at radius 2 is 1.81 bits per heavy atom. The van der Waals surface area contributed by atoms with Crippen molar-refractivity contribution in [2.45, 2.75) is 6.04 Å². The van der Waals surface area contributed by atoms with Gasteiger partial charge in [-0.15, -0.1) is 11.3 Å². The lowest BCUT2D eigenvalue weighted by Crippen LogP contribution is -2.23. The Morgan fingerprint density at radius 1 is 1.06 bits per heavy atom. The summed E-state index contributed by atoms with van der Waals surface area (Å²) in [6, 6.07) is 6.09. The van der Waals surface area contributed by atoms with E-state index in [1.54, 1.807) is 0 Å². The van der Waals surface area contributed by atoms with Crippen LogP contribution in [0.15, 0.2) is 36.4 Å². The largest absolute Gasteiger partial charge is 0.354 e. The Hall–Kier alpha value is -3.01. The number of thiophene rings is 1. The SMILES string of the molecule is CNC(=O)c1sc(NC(=O)c2cc(F)cc(Cl)c2)c2c1C(=O)NC2c1cc(F)ccc1Cl. The number of nitrogens with one attached hydrogen (secondary N) is 3. The average molecular weight is 496 g/mol. The molecule has 164 valence electrons. The molecule has 2 heterocycles. The van der Waals surface area contributed by atoms with Crippen LogP contribution in [0.5, 0.6) is 0 Å². The summed E-state index contributed by atoms with van der Waals surface area (Å²) in [5, 5.41) is 8.11. The molecule has 0 saturated heterocycles. The van der Waals surface area contributed by atoms with Crippen molar-refractivity contribution in [1.29, 1.82) is 0 Å². The Balaban J connectivity index is 1.84. The molecule has 3 N–H and O–H groups in total. The van der Waals surface area contributed by atoms with Gasteiger partial charge in [-0.2, -0.15) is 0 Å². The third-order valence-corrected chi connectivity index (χ3v) is 6.47. The van der Waals surface area contributed by atoms with E-state index in [1.807, 2.05) is 0 Å². The van der Waals surface area contributed by atoms with Gasteiger partial charge in [0.15, 0.2) is 0 Å². The fraction of sp³-hybridized carbons (Fsp3) is 0.0952. The van der Waals surface area contributed by atoms with E-state index in [0.29, 0.717) is 0 Å². The van der Waals surface area contributed by atoms with Crippen molar-refractivity contribution >= 4 is 57.3 Å². The number of hydrogen-bond acceptors (Lipinski definition) is 4. The normalized spacial score (nSPS) is 14.7.